The Bertz CT molecular complexity index is 653. The molecule has 0 aliphatic rings. The standard InChI is InChI=1S/C13H10N2O4/c16-11-3-1-2-10(7-11)14-8-9-4-5-13(17)12(6-9)15(18)19/h1-8,16-17H. The molecule has 0 amide bonds. The lowest BCUT2D eigenvalue weighted by Gasteiger charge is -1.98. The second kappa shape index (κ2) is 5.18. The van der Waals surface area contributed by atoms with Crippen LogP contribution in [0.15, 0.2) is 47.5 Å². The quantitative estimate of drug-likeness (QED) is 0.502. The number of nitro benzene ring substituents is 1. The highest BCUT2D eigenvalue weighted by atomic mass is 16.6. The minimum absolute atomic E-state index is 0.0892. The van der Waals surface area contributed by atoms with Crippen molar-refractivity contribution in [1.29, 1.82) is 0 Å². The van der Waals surface area contributed by atoms with E-state index < -0.39 is 4.92 Å². The maximum absolute atomic E-state index is 10.7. The van der Waals surface area contributed by atoms with Crippen molar-refractivity contribution in [3.63, 3.8) is 0 Å². The van der Waals surface area contributed by atoms with Crippen LogP contribution in [0.3, 0.4) is 0 Å². The zero-order valence-electron chi connectivity index (χ0n) is 9.72. The number of phenolic OH excluding ortho intramolecular Hbond substituents is 2. The van der Waals surface area contributed by atoms with Gasteiger partial charge in [0.25, 0.3) is 0 Å². The number of aromatic hydroxyl groups is 2. The van der Waals surface area contributed by atoms with Gasteiger partial charge in [0.15, 0.2) is 5.75 Å². The Morgan fingerprint density at radius 3 is 2.63 bits per heavy atom. The third kappa shape index (κ3) is 3.06. The van der Waals surface area contributed by atoms with Crippen LogP contribution in [0.1, 0.15) is 5.56 Å². The Kier molecular flexibility index (Phi) is 3.42. The predicted octanol–water partition coefficient (Wildman–Crippen LogP) is 2.76. The summed E-state index contributed by atoms with van der Waals surface area (Å²) >= 11 is 0. The van der Waals surface area contributed by atoms with E-state index in [2.05, 4.69) is 4.99 Å². The topological polar surface area (TPSA) is 96.0 Å². The van der Waals surface area contributed by atoms with E-state index in [4.69, 9.17) is 0 Å². The van der Waals surface area contributed by atoms with E-state index in [1.165, 1.54) is 36.5 Å². The molecule has 0 aliphatic carbocycles. The van der Waals surface area contributed by atoms with Crippen LogP contribution in [-0.2, 0) is 0 Å². The summed E-state index contributed by atoms with van der Waals surface area (Å²) in [5.41, 5.74) is 0.628. The average molecular weight is 258 g/mol. The summed E-state index contributed by atoms with van der Waals surface area (Å²) in [7, 11) is 0. The van der Waals surface area contributed by atoms with Gasteiger partial charge in [-0.2, -0.15) is 0 Å². The van der Waals surface area contributed by atoms with Gasteiger partial charge in [-0.05, 0) is 29.8 Å². The second-order valence-corrected chi connectivity index (χ2v) is 3.78. The Morgan fingerprint density at radius 1 is 1.16 bits per heavy atom. The van der Waals surface area contributed by atoms with Crippen molar-refractivity contribution < 1.29 is 15.1 Å². The molecule has 0 saturated heterocycles. The van der Waals surface area contributed by atoms with Crippen molar-refractivity contribution in [3.8, 4) is 11.5 Å². The first kappa shape index (κ1) is 12.6. The molecule has 96 valence electrons. The smallest absolute Gasteiger partial charge is 0.311 e. The third-order valence-electron chi connectivity index (χ3n) is 2.39. The molecule has 0 aliphatic heterocycles. The van der Waals surface area contributed by atoms with Crippen molar-refractivity contribution in [2.24, 2.45) is 4.99 Å². The first-order valence-corrected chi connectivity index (χ1v) is 5.37. The van der Waals surface area contributed by atoms with E-state index >= 15 is 0 Å². The molecule has 6 nitrogen and oxygen atoms in total. The highest BCUT2D eigenvalue weighted by Crippen LogP contribution is 2.26. The minimum Gasteiger partial charge on any atom is -0.508 e. The Hall–Kier alpha value is -2.89. The number of nitro groups is 1. The van der Waals surface area contributed by atoms with E-state index in [0.717, 1.165) is 0 Å². The maximum Gasteiger partial charge on any atom is 0.311 e. The van der Waals surface area contributed by atoms with Gasteiger partial charge in [-0.3, -0.25) is 15.1 Å². The van der Waals surface area contributed by atoms with Gasteiger partial charge in [-0.25, -0.2) is 0 Å². The van der Waals surface area contributed by atoms with Crippen LogP contribution in [0.4, 0.5) is 11.4 Å². The first-order valence-electron chi connectivity index (χ1n) is 5.37. The molecule has 0 radical (unpaired) electrons. The van der Waals surface area contributed by atoms with Crippen molar-refractivity contribution in [3.05, 3.63) is 58.1 Å². The zero-order valence-corrected chi connectivity index (χ0v) is 9.72. The summed E-state index contributed by atoms with van der Waals surface area (Å²) in [6.45, 7) is 0. The van der Waals surface area contributed by atoms with Crippen LogP contribution in [0, 0.1) is 10.1 Å². The molecule has 0 spiro atoms. The van der Waals surface area contributed by atoms with Gasteiger partial charge in [0.1, 0.15) is 5.75 Å². The molecule has 19 heavy (non-hydrogen) atoms. The molecular weight excluding hydrogens is 248 g/mol. The lowest BCUT2D eigenvalue weighted by atomic mass is 10.2. The SMILES string of the molecule is O=[N+]([O-])c1cc(C=Nc2cccc(O)c2)ccc1O. The third-order valence-corrected chi connectivity index (χ3v) is 2.39. The van der Waals surface area contributed by atoms with Gasteiger partial charge < -0.3 is 10.2 Å². The molecule has 0 aromatic heterocycles. The molecule has 2 N–H and O–H groups in total. The first-order chi connectivity index (χ1) is 9.06. The predicted molar refractivity (Wildman–Crippen MR) is 70.1 cm³/mol. The molecule has 2 rings (SSSR count). The van der Waals surface area contributed by atoms with Crippen molar-refractivity contribution in [1.82, 2.24) is 0 Å². The minimum atomic E-state index is -0.666. The van der Waals surface area contributed by atoms with Gasteiger partial charge in [-0.1, -0.05) is 6.07 Å². The van der Waals surface area contributed by atoms with Gasteiger partial charge in [0.05, 0.1) is 10.6 Å². The van der Waals surface area contributed by atoms with E-state index in [-0.39, 0.29) is 17.2 Å². The fourth-order valence-electron chi connectivity index (χ4n) is 1.49. The molecular formula is C13H10N2O4. The molecule has 0 bridgehead atoms. The Labute approximate surface area is 108 Å². The van der Waals surface area contributed by atoms with E-state index in [1.807, 2.05) is 0 Å². The van der Waals surface area contributed by atoms with Crippen LogP contribution in [-0.4, -0.2) is 21.4 Å². The highest BCUT2D eigenvalue weighted by Gasteiger charge is 2.12. The van der Waals surface area contributed by atoms with Crippen LogP contribution in [0.2, 0.25) is 0 Å². The number of nitrogens with zero attached hydrogens (tertiary/aromatic N) is 2. The zero-order chi connectivity index (χ0) is 13.8. The Morgan fingerprint density at radius 2 is 1.95 bits per heavy atom. The largest absolute Gasteiger partial charge is 0.508 e. The molecule has 0 unspecified atom stereocenters. The number of benzene rings is 2. The number of hydrogen-bond donors (Lipinski definition) is 2. The summed E-state index contributed by atoms with van der Waals surface area (Å²) in [4.78, 5) is 14.1. The fourth-order valence-corrected chi connectivity index (χ4v) is 1.49. The molecule has 0 fully saturated rings. The number of hydrogen-bond acceptors (Lipinski definition) is 5. The summed E-state index contributed by atoms with van der Waals surface area (Å²) in [5, 5.41) is 29.2. The number of aliphatic imine (C=N–C) groups is 1. The fraction of sp³-hybridized carbons (Fsp3) is 0. The molecule has 0 heterocycles. The summed E-state index contributed by atoms with van der Waals surface area (Å²) in [6, 6.07) is 10.3. The number of rotatable bonds is 3. The summed E-state index contributed by atoms with van der Waals surface area (Å²) in [5.74, 6) is -0.300. The van der Waals surface area contributed by atoms with Gasteiger partial charge in [0.2, 0.25) is 0 Å². The van der Waals surface area contributed by atoms with Crippen molar-refractivity contribution in [2.75, 3.05) is 0 Å². The van der Waals surface area contributed by atoms with E-state index in [1.54, 1.807) is 12.1 Å². The lowest BCUT2D eigenvalue weighted by Crippen LogP contribution is -1.90. The lowest BCUT2D eigenvalue weighted by molar-refractivity contribution is -0.385. The maximum atomic E-state index is 10.7. The monoisotopic (exact) mass is 258 g/mol. The second-order valence-electron chi connectivity index (χ2n) is 3.78. The summed E-state index contributed by atoms with van der Waals surface area (Å²) in [6.07, 6.45) is 1.42. The van der Waals surface area contributed by atoms with Crippen LogP contribution in [0.5, 0.6) is 11.5 Å². The van der Waals surface area contributed by atoms with Gasteiger partial charge >= 0.3 is 5.69 Å². The van der Waals surface area contributed by atoms with Crippen molar-refractivity contribution in [2.45, 2.75) is 0 Å². The van der Waals surface area contributed by atoms with Crippen LogP contribution in [0.25, 0.3) is 0 Å². The molecule has 6 heteroatoms. The van der Waals surface area contributed by atoms with Crippen LogP contribution < -0.4 is 0 Å². The van der Waals surface area contributed by atoms with E-state index in [9.17, 15) is 20.3 Å². The number of phenols is 2. The van der Waals surface area contributed by atoms with Crippen LogP contribution >= 0.6 is 0 Å². The molecule has 0 saturated carbocycles. The molecule has 2 aromatic carbocycles. The molecule has 0 atom stereocenters. The average Bonchev–Trinajstić information content (AvgIpc) is 2.37. The Balaban J connectivity index is 2.29. The summed E-state index contributed by atoms with van der Waals surface area (Å²) < 4.78 is 0. The highest BCUT2D eigenvalue weighted by molar-refractivity contribution is 5.83. The molecule has 2 aromatic rings. The van der Waals surface area contributed by atoms with Crippen molar-refractivity contribution >= 4 is 17.6 Å². The van der Waals surface area contributed by atoms with Gasteiger partial charge in [0, 0.05) is 18.3 Å². The van der Waals surface area contributed by atoms with Gasteiger partial charge in [-0.15, -0.1) is 0 Å². The normalized spacial score (nSPS) is 10.7. The van der Waals surface area contributed by atoms with E-state index in [0.29, 0.717) is 11.3 Å².